The fourth-order valence-corrected chi connectivity index (χ4v) is 2.51. The summed E-state index contributed by atoms with van der Waals surface area (Å²) in [6.45, 7) is 0. The van der Waals surface area contributed by atoms with Crippen molar-refractivity contribution in [2.24, 2.45) is 0 Å². The number of nitrogens with one attached hydrogen (secondary N) is 2. The molecule has 1 amide bonds. The number of benzene rings is 3. The van der Waals surface area contributed by atoms with Crippen molar-refractivity contribution in [3.8, 4) is 11.5 Å². The van der Waals surface area contributed by atoms with E-state index in [1.807, 2.05) is 30.3 Å². The lowest BCUT2D eigenvalue weighted by Crippen LogP contribution is -2.32. The van der Waals surface area contributed by atoms with Crippen LogP contribution in [0, 0.1) is 5.82 Å². The zero-order chi connectivity index (χ0) is 19.8. The lowest BCUT2D eigenvalue weighted by atomic mass is 10.2. The summed E-state index contributed by atoms with van der Waals surface area (Å²) in [6, 6.07) is 22.5. The Kier molecular flexibility index (Phi) is 6.49. The molecule has 0 saturated carbocycles. The molecule has 0 radical (unpaired) electrons. The van der Waals surface area contributed by atoms with Crippen LogP contribution in [-0.4, -0.2) is 11.0 Å². The van der Waals surface area contributed by atoms with E-state index < -0.39 is 0 Å². The van der Waals surface area contributed by atoms with Gasteiger partial charge in [0.05, 0.1) is 0 Å². The van der Waals surface area contributed by atoms with E-state index in [2.05, 4.69) is 10.6 Å². The Balaban J connectivity index is 1.50. The molecule has 0 unspecified atom stereocenters. The van der Waals surface area contributed by atoms with Crippen LogP contribution in [0.4, 0.5) is 10.1 Å². The molecular weight excluding hydrogens is 375 g/mol. The molecule has 28 heavy (non-hydrogen) atoms. The Labute approximate surface area is 167 Å². The first-order valence-electron chi connectivity index (χ1n) is 8.47. The van der Waals surface area contributed by atoms with Crippen molar-refractivity contribution in [1.29, 1.82) is 0 Å². The number of carbonyl (C=O) groups excluding carboxylic acids is 1. The summed E-state index contributed by atoms with van der Waals surface area (Å²) < 4.78 is 18.6. The molecule has 0 bridgehead atoms. The van der Waals surface area contributed by atoms with Gasteiger partial charge in [-0.3, -0.25) is 10.1 Å². The molecule has 3 rings (SSSR count). The largest absolute Gasteiger partial charge is 0.457 e. The van der Waals surface area contributed by atoms with Gasteiger partial charge in [0.15, 0.2) is 5.11 Å². The zero-order valence-corrected chi connectivity index (χ0v) is 15.6. The van der Waals surface area contributed by atoms with Crippen LogP contribution in [0.25, 0.3) is 6.08 Å². The van der Waals surface area contributed by atoms with Crippen molar-refractivity contribution >= 4 is 35.0 Å². The topological polar surface area (TPSA) is 50.4 Å². The second-order valence-electron chi connectivity index (χ2n) is 5.77. The smallest absolute Gasteiger partial charge is 0.250 e. The van der Waals surface area contributed by atoms with E-state index in [0.717, 1.165) is 5.75 Å². The molecule has 0 aliphatic carbocycles. The molecule has 0 aliphatic rings. The van der Waals surface area contributed by atoms with Crippen LogP contribution in [0.1, 0.15) is 5.56 Å². The number of para-hydroxylation sites is 1. The van der Waals surface area contributed by atoms with Crippen LogP contribution in [0.5, 0.6) is 11.5 Å². The highest BCUT2D eigenvalue weighted by molar-refractivity contribution is 7.80. The number of halogens is 1. The summed E-state index contributed by atoms with van der Waals surface area (Å²) in [4.78, 5) is 11.9. The van der Waals surface area contributed by atoms with Gasteiger partial charge in [-0.2, -0.15) is 0 Å². The third kappa shape index (κ3) is 6.03. The molecule has 6 heteroatoms. The lowest BCUT2D eigenvalue weighted by molar-refractivity contribution is -0.115. The molecule has 0 spiro atoms. The maximum atomic E-state index is 12.9. The van der Waals surface area contributed by atoms with Gasteiger partial charge in [-0.25, -0.2) is 4.39 Å². The van der Waals surface area contributed by atoms with Crippen LogP contribution in [0.15, 0.2) is 84.9 Å². The van der Waals surface area contributed by atoms with E-state index in [4.69, 9.17) is 17.0 Å². The monoisotopic (exact) mass is 392 g/mol. The third-order valence-corrected chi connectivity index (χ3v) is 3.83. The van der Waals surface area contributed by atoms with E-state index in [0.29, 0.717) is 17.0 Å². The van der Waals surface area contributed by atoms with Gasteiger partial charge in [-0.1, -0.05) is 30.3 Å². The van der Waals surface area contributed by atoms with Crippen LogP contribution >= 0.6 is 12.2 Å². The van der Waals surface area contributed by atoms with Crippen molar-refractivity contribution in [3.05, 3.63) is 96.3 Å². The molecular formula is C22H17FN2O2S. The van der Waals surface area contributed by atoms with E-state index in [1.165, 1.54) is 18.2 Å². The first kappa shape index (κ1) is 19.3. The van der Waals surface area contributed by atoms with Crippen LogP contribution in [-0.2, 0) is 4.79 Å². The van der Waals surface area contributed by atoms with E-state index in [-0.39, 0.29) is 16.8 Å². The Morgan fingerprint density at radius 3 is 2.21 bits per heavy atom. The number of amides is 1. The third-order valence-electron chi connectivity index (χ3n) is 3.62. The Bertz CT molecular complexity index is 972. The average Bonchev–Trinajstić information content (AvgIpc) is 2.70. The predicted octanol–water partition coefficient (Wildman–Crippen LogP) is 5.14. The van der Waals surface area contributed by atoms with Crippen molar-refractivity contribution in [2.75, 3.05) is 5.32 Å². The maximum Gasteiger partial charge on any atom is 0.250 e. The van der Waals surface area contributed by atoms with Crippen molar-refractivity contribution < 1.29 is 13.9 Å². The first-order valence-corrected chi connectivity index (χ1v) is 8.88. The van der Waals surface area contributed by atoms with Gasteiger partial charge in [0, 0.05) is 11.8 Å². The normalized spacial score (nSPS) is 10.5. The molecule has 140 valence electrons. The standard InChI is InChI=1S/C22H17FN2O2S/c23-17-9-6-16(7-10-17)8-15-21(26)25-22(28)24-18-11-13-20(14-12-18)27-19-4-2-1-3-5-19/h1-15H,(H2,24,25,26,28). The summed E-state index contributed by atoms with van der Waals surface area (Å²) in [7, 11) is 0. The minimum Gasteiger partial charge on any atom is -0.457 e. The first-order chi connectivity index (χ1) is 13.6. The molecule has 0 fully saturated rings. The van der Waals surface area contributed by atoms with Crippen molar-refractivity contribution in [3.63, 3.8) is 0 Å². The van der Waals surface area contributed by atoms with E-state index in [9.17, 15) is 9.18 Å². The maximum absolute atomic E-state index is 12.9. The number of rotatable bonds is 5. The average molecular weight is 392 g/mol. The Morgan fingerprint density at radius 1 is 0.893 bits per heavy atom. The summed E-state index contributed by atoms with van der Waals surface area (Å²) in [5.41, 5.74) is 1.43. The molecule has 0 aliphatic heterocycles. The van der Waals surface area contributed by atoms with Gasteiger partial charge in [-0.15, -0.1) is 0 Å². The van der Waals surface area contributed by atoms with Crippen molar-refractivity contribution in [1.82, 2.24) is 5.32 Å². The minimum atomic E-state index is -0.383. The number of carbonyl (C=O) groups is 1. The lowest BCUT2D eigenvalue weighted by Gasteiger charge is -2.10. The van der Waals surface area contributed by atoms with Crippen molar-refractivity contribution in [2.45, 2.75) is 0 Å². The number of hydrogen-bond acceptors (Lipinski definition) is 3. The highest BCUT2D eigenvalue weighted by atomic mass is 32.1. The quantitative estimate of drug-likeness (QED) is 0.466. The second kappa shape index (κ2) is 9.43. The Hall–Kier alpha value is -3.51. The molecule has 2 N–H and O–H groups in total. The zero-order valence-electron chi connectivity index (χ0n) is 14.8. The summed E-state index contributed by atoms with van der Waals surface area (Å²) in [6.07, 6.45) is 2.91. The van der Waals surface area contributed by atoms with Gasteiger partial charge in [0.2, 0.25) is 5.91 Å². The molecule has 0 heterocycles. The predicted molar refractivity (Wildman–Crippen MR) is 113 cm³/mol. The molecule has 0 aromatic heterocycles. The SMILES string of the molecule is O=C(C=Cc1ccc(F)cc1)NC(=S)Nc1ccc(Oc2ccccc2)cc1. The number of anilines is 1. The number of ether oxygens (including phenoxy) is 1. The van der Waals surface area contributed by atoms with E-state index in [1.54, 1.807) is 42.5 Å². The van der Waals surface area contributed by atoms with Gasteiger partial charge in [0.1, 0.15) is 17.3 Å². The summed E-state index contributed by atoms with van der Waals surface area (Å²) in [5, 5.41) is 5.66. The summed E-state index contributed by atoms with van der Waals surface area (Å²) in [5.74, 6) is 0.728. The Morgan fingerprint density at radius 2 is 1.54 bits per heavy atom. The highest BCUT2D eigenvalue weighted by Crippen LogP contribution is 2.22. The van der Waals surface area contributed by atoms with Crippen LogP contribution in [0.3, 0.4) is 0 Å². The molecule has 3 aromatic rings. The second-order valence-corrected chi connectivity index (χ2v) is 6.18. The van der Waals surface area contributed by atoms with Crippen LogP contribution < -0.4 is 15.4 Å². The van der Waals surface area contributed by atoms with Gasteiger partial charge >= 0.3 is 0 Å². The van der Waals surface area contributed by atoms with Crippen LogP contribution in [0.2, 0.25) is 0 Å². The fraction of sp³-hybridized carbons (Fsp3) is 0. The molecule has 0 saturated heterocycles. The molecule has 0 atom stereocenters. The van der Waals surface area contributed by atoms with E-state index >= 15 is 0 Å². The van der Waals surface area contributed by atoms with Gasteiger partial charge < -0.3 is 10.1 Å². The number of thiocarbonyl (C=S) groups is 1. The summed E-state index contributed by atoms with van der Waals surface area (Å²) >= 11 is 5.14. The van der Waals surface area contributed by atoms with Gasteiger partial charge in [0.25, 0.3) is 0 Å². The highest BCUT2D eigenvalue weighted by Gasteiger charge is 2.03. The van der Waals surface area contributed by atoms with Gasteiger partial charge in [-0.05, 0) is 72.4 Å². The fourth-order valence-electron chi connectivity index (χ4n) is 2.29. The minimum absolute atomic E-state index is 0.172. The number of hydrogen-bond donors (Lipinski definition) is 2. The molecule has 3 aromatic carbocycles. The molecule has 4 nitrogen and oxygen atoms in total.